The lowest BCUT2D eigenvalue weighted by atomic mass is 9.84. The van der Waals surface area contributed by atoms with Crippen LogP contribution in [-0.2, 0) is 23.5 Å². The van der Waals surface area contributed by atoms with Gasteiger partial charge in [0.25, 0.3) is 5.56 Å². The van der Waals surface area contributed by atoms with Gasteiger partial charge in [-0.05, 0) is 60.0 Å². The Morgan fingerprint density at radius 2 is 1.86 bits per heavy atom. The monoisotopic (exact) mass is 476 g/mol. The fourth-order valence-corrected chi connectivity index (χ4v) is 5.20. The summed E-state index contributed by atoms with van der Waals surface area (Å²) in [5.41, 5.74) is 5.38. The molecule has 3 aromatic carbocycles. The largest absolute Gasteiger partial charge is 0.497 e. The van der Waals surface area contributed by atoms with Crippen LogP contribution in [0.1, 0.15) is 45.2 Å². The SMILES string of the molecule is COc1ccc([C@]23Cc4cc(C#N)ccc4C(O2)c2c(cc(C)n(Cc4ccccc4)c2=O)O3)cc1. The van der Waals surface area contributed by atoms with E-state index in [1.807, 2.05) is 79.7 Å². The van der Waals surface area contributed by atoms with Crippen LogP contribution in [0.2, 0.25) is 0 Å². The highest BCUT2D eigenvalue weighted by Gasteiger charge is 2.50. The summed E-state index contributed by atoms with van der Waals surface area (Å²) < 4.78 is 20.3. The van der Waals surface area contributed by atoms with Crippen molar-refractivity contribution in [3.63, 3.8) is 0 Å². The number of ether oxygens (including phenoxy) is 3. The molecule has 2 aliphatic rings. The Balaban J connectivity index is 1.54. The lowest BCUT2D eigenvalue weighted by Gasteiger charge is -2.46. The van der Waals surface area contributed by atoms with Crippen molar-refractivity contribution in [2.24, 2.45) is 0 Å². The number of methoxy groups -OCH3 is 1. The second kappa shape index (κ2) is 8.40. The molecule has 178 valence electrons. The zero-order valence-electron chi connectivity index (χ0n) is 20.0. The Hall–Kier alpha value is -4.34. The predicted molar refractivity (Wildman–Crippen MR) is 134 cm³/mol. The first-order chi connectivity index (χ1) is 17.5. The van der Waals surface area contributed by atoms with Crippen LogP contribution in [0.4, 0.5) is 0 Å². The van der Waals surface area contributed by atoms with Crippen LogP contribution in [-0.4, -0.2) is 11.7 Å². The van der Waals surface area contributed by atoms with Gasteiger partial charge >= 0.3 is 0 Å². The number of aryl methyl sites for hydroxylation is 1. The van der Waals surface area contributed by atoms with Gasteiger partial charge in [-0.3, -0.25) is 4.79 Å². The molecule has 0 fully saturated rings. The molecule has 0 saturated heterocycles. The summed E-state index contributed by atoms with van der Waals surface area (Å²) in [6.07, 6.45) is -0.214. The van der Waals surface area contributed by atoms with Gasteiger partial charge in [-0.2, -0.15) is 5.26 Å². The van der Waals surface area contributed by atoms with E-state index in [4.69, 9.17) is 14.2 Å². The third-order valence-electron chi connectivity index (χ3n) is 7.04. The highest BCUT2D eigenvalue weighted by molar-refractivity contribution is 5.51. The Labute approximate surface area is 208 Å². The summed E-state index contributed by atoms with van der Waals surface area (Å²) >= 11 is 0. The average molecular weight is 477 g/mol. The van der Waals surface area contributed by atoms with E-state index in [1.165, 1.54) is 0 Å². The molecule has 0 spiro atoms. The van der Waals surface area contributed by atoms with Crippen LogP contribution >= 0.6 is 0 Å². The van der Waals surface area contributed by atoms with Gasteiger partial charge in [0, 0.05) is 23.7 Å². The molecule has 0 aliphatic carbocycles. The lowest BCUT2D eigenvalue weighted by molar-refractivity contribution is -0.237. The van der Waals surface area contributed by atoms with Gasteiger partial charge in [-0.15, -0.1) is 0 Å². The van der Waals surface area contributed by atoms with Crippen molar-refractivity contribution in [3.8, 4) is 17.6 Å². The number of aromatic nitrogens is 1. The fraction of sp³-hybridized carbons (Fsp3) is 0.200. The Kier molecular flexibility index (Phi) is 5.17. The molecular weight excluding hydrogens is 452 g/mol. The van der Waals surface area contributed by atoms with Crippen LogP contribution in [0.3, 0.4) is 0 Å². The highest BCUT2D eigenvalue weighted by atomic mass is 16.7. The summed E-state index contributed by atoms with van der Waals surface area (Å²) in [4.78, 5) is 13.9. The summed E-state index contributed by atoms with van der Waals surface area (Å²) in [5, 5.41) is 9.51. The number of benzene rings is 3. The normalized spacial score (nSPS) is 19.4. The minimum atomic E-state index is -1.13. The van der Waals surface area contributed by atoms with Crippen LogP contribution in [0, 0.1) is 18.3 Å². The maximum atomic E-state index is 13.9. The Bertz CT molecular complexity index is 1570. The molecule has 1 unspecified atom stereocenters. The maximum Gasteiger partial charge on any atom is 0.261 e. The van der Waals surface area contributed by atoms with Crippen molar-refractivity contribution in [1.29, 1.82) is 5.26 Å². The van der Waals surface area contributed by atoms with Crippen molar-refractivity contribution in [3.05, 3.63) is 128 Å². The third kappa shape index (κ3) is 3.48. The van der Waals surface area contributed by atoms with Gasteiger partial charge < -0.3 is 18.8 Å². The van der Waals surface area contributed by atoms with Crippen molar-refractivity contribution >= 4 is 0 Å². The van der Waals surface area contributed by atoms with E-state index in [9.17, 15) is 10.1 Å². The van der Waals surface area contributed by atoms with Crippen LogP contribution < -0.4 is 15.0 Å². The highest BCUT2D eigenvalue weighted by Crippen LogP contribution is 2.51. The summed E-state index contributed by atoms with van der Waals surface area (Å²) in [7, 11) is 1.62. The van der Waals surface area contributed by atoms with Gasteiger partial charge in [-0.1, -0.05) is 36.4 Å². The maximum absolute atomic E-state index is 13.9. The Morgan fingerprint density at radius 3 is 2.58 bits per heavy atom. The molecule has 6 rings (SSSR count). The van der Waals surface area contributed by atoms with Crippen molar-refractivity contribution in [1.82, 2.24) is 4.57 Å². The molecule has 6 nitrogen and oxygen atoms in total. The van der Waals surface area contributed by atoms with Crippen molar-refractivity contribution in [2.45, 2.75) is 31.8 Å². The van der Waals surface area contributed by atoms with Crippen LogP contribution in [0.15, 0.2) is 83.7 Å². The number of nitrogens with zero attached hydrogens (tertiary/aromatic N) is 2. The predicted octanol–water partition coefficient (Wildman–Crippen LogP) is 4.99. The van der Waals surface area contributed by atoms with E-state index in [2.05, 4.69) is 6.07 Å². The van der Waals surface area contributed by atoms with Crippen LogP contribution in [0.25, 0.3) is 0 Å². The molecule has 36 heavy (non-hydrogen) atoms. The molecule has 1 aromatic heterocycles. The zero-order valence-corrected chi connectivity index (χ0v) is 20.0. The molecule has 4 aromatic rings. The minimum Gasteiger partial charge on any atom is -0.497 e. The summed E-state index contributed by atoms with van der Waals surface area (Å²) in [6, 6.07) is 27.2. The fourth-order valence-electron chi connectivity index (χ4n) is 5.20. The Morgan fingerprint density at radius 1 is 1.08 bits per heavy atom. The lowest BCUT2D eigenvalue weighted by Crippen LogP contribution is -2.48. The van der Waals surface area contributed by atoms with Crippen LogP contribution in [0.5, 0.6) is 11.5 Å². The third-order valence-corrected chi connectivity index (χ3v) is 7.04. The molecular formula is C30H24N2O4. The molecule has 0 amide bonds. The smallest absolute Gasteiger partial charge is 0.261 e. The first-order valence-electron chi connectivity index (χ1n) is 11.8. The van der Waals surface area contributed by atoms with Gasteiger partial charge in [0.2, 0.25) is 5.79 Å². The number of hydrogen-bond acceptors (Lipinski definition) is 5. The molecule has 0 saturated carbocycles. The topological polar surface area (TPSA) is 73.5 Å². The van der Waals surface area contributed by atoms with E-state index in [-0.39, 0.29) is 5.56 Å². The second-order valence-electron chi connectivity index (χ2n) is 9.22. The van der Waals surface area contributed by atoms with E-state index < -0.39 is 11.9 Å². The number of hydrogen-bond donors (Lipinski definition) is 0. The second-order valence-corrected chi connectivity index (χ2v) is 9.22. The molecule has 2 atom stereocenters. The number of pyridine rings is 1. The first-order valence-corrected chi connectivity index (χ1v) is 11.8. The summed E-state index contributed by atoms with van der Waals surface area (Å²) in [6.45, 7) is 2.38. The van der Waals surface area contributed by atoms with Gasteiger partial charge in [0.15, 0.2) is 0 Å². The van der Waals surface area contributed by atoms with E-state index in [0.717, 1.165) is 33.7 Å². The quantitative estimate of drug-likeness (QED) is 0.415. The molecule has 2 bridgehead atoms. The van der Waals surface area contributed by atoms with Gasteiger partial charge in [0.05, 0.1) is 30.9 Å². The van der Waals surface area contributed by atoms with Gasteiger partial charge in [-0.25, -0.2) is 0 Å². The number of nitriles is 1. The molecule has 3 heterocycles. The zero-order chi connectivity index (χ0) is 24.9. The summed E-state index contributed by atoms with van der Waals surface area (Å²) in [5.74, 6) is 0.129. The van der Waals surface area contributed by atoms with Crippen molar-refractivity contribution in [2.75, 3.05) is 7.11 Å². The van der Waals surface area contributed by atoms with E-state index >= 15 is 0 Å². The number of rotatable bonds is 4. The average Bonchev–Trinajstić information content (AvgIpc) is 2.91. The van der Waals surface area contributed by atoms with E-state index in [1.54, 1.807) is 17.7 Å². The first kappa shape index (κ1) is 22.1. The van der Waals surface area contributed by atoms with E-state index in [0.29, 0.717) is 29.8 Å². The number of fused-ring (bicyclic) bond motifs is 6. The van der Waals surface area contributed by atoms with Crippen molar-refractivity contribution < 1.29 is 14.2 Å². The minimum absolute atomic E-state index is 0.139. The molecule has 6 heteroatoms. The van der Waals surface area contributed by atoms with Gasteiger partial charge in [0.1, 0.15) is 17.6 Å². The molecule has 0 radical (unpaired) electrons. The molecule has 2 aliphatic heterocycles. The standard InChI is InChI=1S/C30H24N2O4/c1-19-14-26-27(29(33)32(19)18-20-6-4-3-5-7-20)28-25-13-8-21(17-31)15-22(25)16-30(35-26,36-28)23-9-11-24(34-2)12-10-23/h3-15,28H,16,18H2,1-2H3/t28?,30-/m0/s1. The molecule has 0 N–H and O–H groups in total.